The molecule has 1 aromatic heterocycles. The summed E-state index contributed by atoms with van der Waals surface area (Å²) in [5, 5.41) is 11.7. The average Bonchev–Trinajstić information content (AvgIpc) is 2.64. The molecule has 0 saturated carbocycles. The van der Waals surface area contributed by atoms with Crippen LogP contribution < -0.4 is 5.32 Å². The Morgan fingerprint density at radius 2 is 1.83 bits per heavy atom. The van der Waals surface area contributed by atoms with Gasteiger partial charge in [0, 0.05) is 18.1 Å². The third kappa shape index (κ3) is 4.18. The standard InChI is InChI=1S/C19H20N4O/c20-13-15-1-3-18(4-2-15)22-19(24)14-23-11-7-17(8-12-23)16-5-9-21-10-6-16/h1-6,9-10,17H,7-8,11-12,14H2,(H,22,24). The molecule has 1 aromatic carbocycles. The van der Waals surface area contributed by atoms with Gasteiger partial charge in [-0.15, -0.1) is 0 Å². The summed E-state index contributed by atoms with van der Waals surface area (Å²) >= 11 is 0. The molecule has 0 radical (unpaired) electrons. The van der Waals surface area contributed by atoms with Crippen molar-refractivity contribution < 1.29 is 4.79 Å². The molecule has 2 heterocycles. The fourth-order valence-electron chi connectivity index (χ4n) is 3.09. The third-order valence-electron chi connectivity index (χ3n) is 4.43. The number of pyridine rings is 1. The highest BCUT2D eigenvalue weighted by Gasteiger charge is 2.21. The van der Waals surface area contributed by atoms with Crippen LogP contribution in [0.3, 0.4) is 0 Å². The predicted octanol–water partition coefficient (Wildman–Crippen LogP) is 2.77. The molecule has 1 aliphatic rings. The first kappa shape index (κ1) is 16.2. The smallest absolute Gasteiger partial charge is 0.238 e. The fourth-order valence-corrected chi connectivity index (χ4v) is 3.09. The van der Waals surface area contributed by atoms with E-state index < -0.39 is 0 Å². The minimum absolute atomic E-state index is 0.0120. The summed E-state index contributed by atoms with van der Waals surface area (Å²) in [6.45, 7) is 2.25. The van der Waals surface area contributed by atoms with Crippen molar-refractivity contribution in [3.8, 4) is 6.07 Å². The lowest BCUT2D eigenvalue weighted by molar-refractivity contribution is -0.117. The Hall–Kier alpha value is -2.71. The molecule has 1 saturated heterocycles. The first-order valence-corrected chi connectivity index (χ1v) is 8.17. The van der Waals surface area contributed by atoms with Crippen LogP contribution in [0.2, 0.25) is 0 Å². The number of carbonyl (C=O) groups excluding carboxylic acids is 1. The van der Waals surface area contributed by atoms with Crippen LogP contribution >= 0.6 is 0 Å². The van der Waals surface area contributed by atoms with E-state index in [0.717, 1.165) is 31.6 Å². The Labute approximate surface area is 141 Å². The zero-order chi connectivity index (χ0) is 16.8. The second kappa shape index (κ2) is 7.71. The van der Waals surface area contributed by atoms with Crippen molar-refractivity contribution >= 4 is 11.6 Å². The van der Waals surface area contributed by atoms with E-state index in [4.69, 9.17) is 5.26 Å². The minimum atomic E-state index is -0.0120. The largest absolute Gasteiger partial charge is 0.325 e. The van der Waals surface area contributed by atoms with Crippen molar-refractivity contribution in [2.75, 3.05) is 25.0 Å². The zero-order valence-electron chi connectivity index (χ0n) is 13.5. The number of aromatic nitrogens is 1. The number of nitrogens with zero attached hydrogens (tertiary/aromatic N) is 3. The first-order valence-electron chi connectivity index (χ1n) is 8.17. The van der Waals surface area contributed by atoms with E-state index in [2.05, 4.69) is 33.4 Å². The maximum atomic E-state index is 12.2. The molecule has 1 fully saturated rings. The van der Waals surface area contributed by atoms with Gasteiger partial charge in [-0.05, 0) is 73.8 Å². The molecule has 5 heteroatoms. The van der Waals surface area contributed by atoms with Gasteiger partial charge >= 0.3 is 0 Å². The van der Waals surface area contributed by atoms with Crippen molar-refractivity contribution in [1.82, 2.24) is 9.88 Å². The monoisotopic (exact) mass is 320 g/mol. The Morgan fingerprint density at radius 3 is 2.46 bits per heavy atom. The molecule has 1 amide bonds. The Balaban J connectivity index is 1.47. The van der Waals surface area contributed by atoms with Gasteiger partial charge in [-0.25, -0.2) is 0 Å². The number of nitriles is 1. The van der Waals surface area contributed by atoms with Crippen molar-refractivity contribution in [3.63, 3.8) is 0 Å². The molecule has 1 N–H and O–H groups in total. The quantitative estimate of drug-likeness (QED) is 0.940. The van der Waals surface area contributed by atoms with Crippen molar-refractivity contribution in [2.45, 2.75) is 18.8 Å². The van der Waals surface area contributed by atoms with Gasteiger partial charge in [-0.1, -0.05) is 0 Å². The summed E-state index contributed by atoms with van der Waals surface area (Å²) < 4.78 is 0. The van der Waals surface area contributed by atoms with Gasteiger partial charge in [-0.2, -0.15) is 5.26 Å². The number of carbonyl (C=O) groups is 1. The van der Waals surface area contributed by atoms with Crippen LogP contribution in [0.1, 0.15) is 29.9 Å². The Bertz CT molecular complexity index is 713. The lowest BCUT2D eigenvalue weighted by atomic mass is 9.90. The summed E-state index contributed by atoms with van der Waals surface area (Å²) in [7, 11) is 0. The number of benzene rings is 1. The summed E-state index contributed by atoms with van der Waals surface area (Å²) in [6, 6.07) is 13.1. The van der Waals surface area contributed by atoms with Crippen molar-refractivity contribution in [3.05, 3.63) is 59.9 Å². The number of nitrogens with one attached hydrogen (secondary N) is 1. The summed E-state index contributed by atoms with van der Waals surface area (Å²) in [6.07, 6.45) is 5.81. The van der Waals surface area contributed by atoms with E-state index >= 15 is 0 Å². The van der Waals surface area contributed by atoms with Gasteiger partial charge in [0.1, 0.15) is 0 Å². The maximum absolute atomic E-state index is 12.2. The van der Waals surface area contributed by atoms with E-state index in [1.54, 1.807) is 24.3 Å². The first-order chi connectivity index (χ1) is 11.7. The number of piperidine rings is 1. The topological polar surface area (TPSA) is 69.0 Å². The second-order valence-electron chi connectivity index (χ2n) is 6.07. The summed E-state index contributed by atoms with van der Waals surface area (Å²) in [4.78, 5) is 18.4. The van der Waals surface area contributed by atoms with E-state index in [1.165, 1.54) is 5.56 Å². The van der Waals surface area contributed by atoms with Crippen molar-refractivity contribution in [2.24, 2.45) is 0 Å². The number of rotatable bonds is 4. The van der Waals surface area contributed by atoms with Gasteiger partial charge in [0.05, 0.1) is 18.2 Å². The maximum Gasteiger partial charge on any atom is 0.238 e. The number of hydrogen-bond acceptors (Lipinski definition) is 4. The predicted molar refractivity (Wildman–Crippen MR) is 92.4 cm³/mol. The zero-order valence-corrected chi connectivity index (χ0v) is 13.5. The van der Waals surface area contributed by atoms with Crippen LogP contribution in [0.25, 0.3) is 0 Å². The number of hydrogen-bond donors (Lipinski definition) is 1. The normalized spacial score (nSPS) is 15.6. The summed E-state index contributed by atoms with van der Waals surface area (Å²) in [5.74, 6) is 0.549. The highest BCUT2D eigenvalue weighted by Crippen LogP contribution is 2.27. The minimum Gasteiger partial charge on any atom is -0.325 e. The number of anilines is 1. The fraction of sp³-hybridized carbons (Fsp3) is 0.316. The lowest BCUT2D eigenvalue weighted by Crippen LogP contribution is -2.38. The van der Waals surface area contributed by atoms with E-state index in [-0.39, 0.29) is 5.91 Å². The van der Waals surface area contributed by atoms with E-state index in [9.17, 15) is 4.79 Å². The van der Waals surface area contributed by atoms with Gasteiger partial charge in [0.2, 0.25) is 5.91 Å². The molecule has 5 nitrogen and oxygen atoms in total. The number of amides is 1. The van der Waals surface area contributed by atoms with Gasteiger partial charge in [0.15, 0.2) is 0 Å². The molecule has 0 unspecified atom stereocenters. The Kier molecular flexibility index (Phi) is 5.19. The molecule has 2 aromatic rings. The van der Waals surface area contributed by atoms with E-state index in [0.29, 0.717) is 18.0 Å². The van der Waals surface area contributed by atoms with Gasteiger partial charge < -0.3 is 5.32 Å². The van der Waals surface area contributed by atoms with Gasteiger partial charge in [-0.3, -0.25) is 14.7 Å². The molecule has 0 aliphatic carbocycles. The molecule has 0 bridgehead atoms. The highest BCUT2D eigenvalue weighted by atomic mass is 16.2. The molecule has 0 spiro atoms. The van der Waals surface area contributed by atoms with E-state index in [1.807, 2.05) is 12.4 Å². The molecule has 24 heavy (non-hydrogen) atoms. The second-order valence-corrected chi connectivity index (χ2v) is 6.07. The highest BCUT2D eigenvalue weighted by molar-refractivity contribution is 5.92. The van der Waals surface area contributed by atoms with Crippen LogP contribution in [0.4, 0.5) is 5.69 Å². The van der Waals surface area contributed by atoms with Crippen LogP contribution in [-0.2, 0) is 4.79 Å². The molecular weight excluding hydrogens is 300 g/mol. The van der Waals surface area contributed by atoms with Crippen LogP contribution in [0.15, 0.2) is 48.8 Å². The molecule has 122 valence electrons. The van der Waals surface area contributed by atoms with Crippen LogP contribution in [0, 0.1) is 11.3 Å². The SMILES string of the molecule is N#Cc1ccc(NC(=O)CN2CCC(c3ccncc3)CC2)cc1. The average molecular weight is 320 g/mol. The van der Waals surface area contributed by atoms with Crippen LogP contribution in [-0.4, -0.2) is 35.4 Å². The molecule has 1 aliphatic heterocycles. The summed E-state index contributed by atoms with van der Waals surface area (Å²) in [5.41, 5.74) is 2.66. The van der Waals surface area contributed by atoms with Gasteiger partial charge in [0.25, 0.3) is 0 Å². The van der Waals surface area contributed by atoms with Crippen molar-refractivity contribution in [1.29, 1.82) is 5.26 Å². The lowest BCUT2D eigenvalue weighted by Gasteiger charge is -2.31. The molecular formula is C19H20N4O. The Morgan fingerprint density at radius 1 is 1.17 bits per heavy atom. The molecule has 0 atom stereocenters. The molecule has 3 rings (SSSR count). The third-order valence-corrected chi connectivity index (χ3v) is 4.43. The number of likely N-dealkylation sites (tertiary alicyclic amines) is 1. The van der Waals surface area contributed by atoms with Crippen LogP contribution in [0.5, 0.6) is 0 Å².